The van der Waals surface area contributed by atoms with E-state index in [4.69, 9.17) is 0 Å². The van der Waals surface area contributed by atoms with E-state index in [0.717, 1.165) is 18.7 Å². The summed E-state index contributed by atoms with van der Waals surface area (Å²) in [6, 6.07) is 19.7. The Morgan fingerprint density at radius 1 is 0.969 bits per heavy atom. The highest BCUT2D eigenvalue weighted by Gasteiger charge is 2.11. The van der Waals surface area contributed by atoms with E-state index in [0.29, 0.717) is 11.1 Å². The van der Waals surface area contributed by atoms with Gasteiger partial charge in [0.25, 0.3) is 5.91 Å². The number of rotatable bonds is 6. The maximum Gasteiger partial charge on any atom is 0.271 e. The number of hydrazone groups is 1. The van der Waals surface area contributed by atoms with Crippen molar-refractivity contribution in [1.82, 2.24) is 5.43 Å². The lowest BCUT2D eigenvalue weighted by atomic mass is 10.1. The highest BCUT2D eigenvalue weighted by molar-refractivity contribution is 5.95. The van der Waals surface area contributed by atoms with Gasteiger partial charge in [0, 0.05) is 29.9 Å². The number of benzene rings is 3. The van der Waals surface area contributed by atoms with Gasteiger partial charge in [-0.15, -0.1) is 0 Å². The van der Waals surface area contributed by atoms with Crippen LogP contribution < -0.4 is 10.3 Å². The highest BCUT2D eigenvalue weighted by Crippen LogP contribution is 2.24. The van der Waals surface area contributed by atoms with Gasteiger partial charge in [-0.05, 0) is 60.4 Å². The van der Waals surface area contributed by atoms with Crippen LogP contribution in [0.2, 0.25) is 0 Å². The van der Waals surface area contributed by atoms with Gasteiger partial charge in [0.05, 0.1) is 6.21 Å². The topological polar surface area (TPSA) is 64.9 Å². The quantitative estimate of drug-likeness (QED) is 0.327. The molecule has 1 aliphatic heterocycles. The van der Waals surface area contributed by atoms with Crippen molar-refractivity contribution >= 4 is 30.0 Å². The van der Waals surface area contributed by atoms with Crippen LogP contribution in [0.15, 0.2) is 71.8 Å². The van der Waals surface area contributed by atoms with Gasteiger partial charge < -0.3 is 10.0 Å². The van der Waals surface area contributed by atoms with Gasteiger partial charge in [-0.2, -0.15) is 5.10 Å². The molecule has 0 unspecified atom stereocenters. The molecule has 3 aromatic carbocycles. The van der Waals surface area contributed by atoms with Crippen LogP contribution >= 0.6 is 0 Å². The second-order valence-electron chi connectivity index (χ2n) is 7.62. The van der Waals surface area contributed by atoms with Crippen LogP contribution in [0.5, 0.6) is 5.75 Å². The molecule has 1 amide bonds. The minimum Gasteiger partial charge on any atom is -0.504 e. The minimum absolute atomic E-state index is 0.169. The fourth-order valence-corrected chi connectivity index (χ4v) is 3.62. The SMILES string of the molecule is O=C(N/N=C/c1cc(/C=C/c2ccc(N3CCCC3)cc2)cc(F)c1O)c1ccccc1. The number of phenols is 1. The maximum atomic E-state index is 14.2. The number of hydrogen-bond donors (Lipinski definition) is 2. The number of halogens is 1. The Labute approximate surface area is 186 Å². The number of anilines is 1. The maximum absolute atomic E-state index is 14.2. The van der Waals surface area contributed by atoms with Crippen molar-refractivity contribution in [2.75, 3.05) is 18.0 Å². The molecule has 1 saturated heterocycles. The molecule has 0 radical (unpaired) electrons. The summed E-state index contributed by atoms with van der Waals surface area (Å²) in [6.45, 7) is 2.19. The molecule has 0 spiro atoms. The van der Waals surface area contributed by atoms with Crippen molar-refractivity contribution < 1.29 is 14.3 Å². The van der Waals surface area contributed by atoms with Gasteiger partial charge in [0.15, 0.2) is 11.6 Å². The Balaban J connectivity index is 1.45. The molecule has 1 heterocycles. The van der Waals surface area contributed by atoms with E-state index in [-0.39, 0.29) is 5.56 Å². The summed E-state index contributed by atoms with van der Waals surface area (Å²) in [5, 5.41) is 13.9. The second kappa shape index (κ2) is 9.92. The number of aromatic hydroxyl groups is 1. The zero-order chi connectivity index (χ0) is 22.3. The molecule has 0 bridgehead atoms. The Morgan fingerprint density at radius 3 is 2.38 bits per heavy atom. The van der Waals surface area contributed by atoms with E-state index in [1.54, 1.807) is 36.4 Å². The molecular weight excluding hydrogens is 405 g/mol. The van der Waals surface area contributed by atoms with Crippen LogP contribution in [-0.2, 0) is 0 Å². The van der Waals surface area contributed by atoms with Gasteiger partial charge >= 0.3 is 0 Å². The number of nitrogens with one attached hydrogen (secondary N) is 1. The average molecular weight is 429 g/mol. The number of nitrogens with zero attached hydrogens (tertiary/aromatic N) is 2. The fraction of sp³-hybridized carbons (Fsp3) is 0.154. The number of hydrogen-bond acceptors (Lipinski definition) is 4. The molecule has 0 aromatic heterocycles. The predicted octanol–water partition coefficient (Wildman–Crippen LogP) is 5.07. The third kappa shape index (κ3) is 5.21. The smallest absolute Gasteiger partial charge is 0.271 e. The van der Waals surface area contributed by atoms with E-state index in [9.17, 15) is 14.3 Å². The molecule has 5 nitrogen and oxygen atoms in total. The van der Waals surface area contributed by atoms with Gasteiger partial charge in [-0.3, -0.25) is 4.79 Å². The zero-order valence-electron chi connectivity index (χ0n) is 17.5. The van der Waals surface area contributed by atoms with Crippen LogP contribution in [0.1, 0.15) is 39.9 Å². The molecule has 1 aliphatic rings. The number of carbonyl (C=O) groups is 1. The summed E-state index contributed by atoms with van der Waals surface area (Å²) < 4.78 is 14.2. The van der Waals surface area contributed by atoms with E-state index >= 15 is 0 Å². The van der Waals surface area contributed by atoms with Crippen LogP contribution in [-0.4, -0.2) is 30.3 Å². The van der Waals surface area contributed by atoms with Crippen LogP contribution in [0.3, 0.4) is 0 Å². The molecular formula is C26H24FN3O2. The third-order valence-corrected chi connectivity index (χ3v) is 5.35. The average Bonchev–Trinajstić information content (AvgIpc) is 3.36. The van der Waals surface area contributed by atoms with E-state index in [2.05, 4.69) is 27.6 Å². The lowest BCUT2D eigenvalue weighted by Crippen LogP contribution is -2.17. The number of amides is 1. The molecule has 2 N–H and O–H groups in total. The zero-order valence-corrected chi connectivity index (χ0v) is 17.5. The van der Waals surface area contributed by atoms with Crippen LogP contribution in [0.25, 0.3) is 12.2 Å². The normalized spacial score (nSPS) is 13.8. The predicted molar refractivity (Wildman–Crippen MR) is 126 cm³/mol. The summed E-state index contributed by atoms with van der Waals surface area (Å²) in [4.78, 5) is 14.4. The van der Waals surface area contributed by atoms with Gasteiger partial charge in [0.1, 0.15) is 0 Å². The lowest BCUT2D eigenvalue weighted by Gasteiger charge is -2.17. The molecule has 32 heavy (non-hydrogen) atoms. The van der Waals surface area contributed by atoms with Crippen molar-refractivity contribution in [3.8, 4) is 5.75 Å². The Bertz CT molecular complexity index is 1140. The lowest BCUT2D eigenvalue weighted by molar-refractivity contribution is 0.0955. The Kier molecular flexibility index (Phi) is 6.60. The summed E-state index contributed by atoms with van der Waals surface area (Å²) in [5.74, 6) is -1.67. The van der Waals surface area contributed by atoms with Crippen molar-refractivity contribution in [3.63, 3.8) is 0 Å². The van der Waals surface area contributed by atoms with Crippen molar-refractivity contribution in [1.29, 1.82) is 0 Å². The van der Waals surface area contributed by atoms with Crippen molar-refractivity contribution in [3.05, 3.63) is 94.8 Å². The van der Waals surface area contributed by atoms with E-state index in [1.165, 1.54) is 30.8 Å². The summed E-state index contributed by atoms with van der Waals surface area (Å²) in [5.41, 5.74) is 5.77. The molecule has 162 valence electrons. The van der Waals surface area contributed by atoms with Crippen molar-refractivity contribution in [2.45, 2.75) is 12.8 Å². The molecule has 3 aromatic rings. The van der Waals surface area contributed by atoms with E-state index in [1.807, 2.05) is 24.3 Å². The highest BCUT2D eigenvalue weighted by atomic mass is 19.1. The Morgan fingerprint density at radius 2 is 1.66 bits per heavy atom. The molecule has 4 rings (SSSR count). The summed E-state index contributed by atoms with van der Waals surface area (Å²) in [7, 11) is 0. The number of phenolic OH excluding ortho intramolecular Hbond substituents is 1. The Hall–Kier alpha value is -3.93. The standard InChI is InChI=1S/C26H24FN3O2/c27-24-17-20(9-8-19-10-12-23(13-11-19)30-14-4-5-15-30)16-22(25(24)31)18-28-29-26(32)21-6-2-1-3-7-21/h1-3,6-13,16-18,31H,4-5,14-15H2,(H,29,32)/b9-8+,28-18+. The van der Waals surface area contributed by atoms with Gasteiger partial charge in [0.2, 0.25) is 0 Å². The van der Waals surface area contributed by atoms with Gasteiger partial charge in [-0.1, -0.05) is 42.5 Å². The first-order valence-electron chi connectivity index (χ1n) is 10.5. The largest absolute Gasteiger partial charge is 0.504 e. The van der Waals surface area contributed by atoms with Crippen LogP contribution in [0, 0.1) is 5.82 Å². The first-order valence-corrected chi connectivity index (χ1v) is 10.5. The second-order valence-corrected chi connectivity index (χ2v) is 7.62. The number of carbonyl (C=O) groups excluding carboxylic acids is 1. The van der Waals surface area contributed by atoms with E-state index < -0.39 is 17.5 Å². The first-order chi connectivity index (χ1) is 15.6. The monoisotopic (exact) mass is 429 g/mol. The summed E-state index contributed by atoms with van der Waals surface area (Å²) >= 11 is 0. The molecule has 0 aliphatic carbocycles. The molecule has 0 saturated carbocycles. The minimum atomic E-state index is -0.757. The molecule has 1 fully saturated rings. The summed E-state index contributed by atoms with van der Waals surface area (Å²) in [6.07, 6.45) is 7.34. The molecule has 0 atom stereocenters. The van der Waals surface area contributed by atoms with Gasteiger partial charge in [-0.25, -0.2) is 9.82 Å². The fourth-order valence-electron chi connectivity index (χ4n) is 3.62. The van der Waals surface area contributed by atoms with Crippen molar-refractivity contribution in [2.24, 2.45) is 5.10 Å². The third-order valence-electron chi connectivity index (χ3n) is 5.35. The van der Waals surface area contributed by atoms with Crippen LogP contribution in [0.4, 0.5) is 10.1 Å². The first kappa shape index (κ1) is 21.3. The molecule has 6 heteroatoms.